The molecule has 0 N–H and O–H groups in total. The van der Waals surface area contributed by atoms with E-state index in [2.05, 4.69) is 147 Å². The minimum atomic E-state index is -0.517. The van der Waals surface area contributed by atoms with E-state index in [0.29, 0.717) is 26.2 Å². The number of carbonyl (C=O) groups excluding carboxylic acids is 1. The van der Waals surface area contributed by atoms with Crippen LogP contribution in [0.1, 0.15) is 20.8 Å². The third kappa shape index (κ3) is 7.88. The van der Waals surface area contributed by atoms with Crippen LogP contribution in [0.25, 0.3) is 43.3 Å². The van der Waals surface area contributed by atoms with Gasteiger partial charge >= 0.3 is 6.09 Å². The highest BCUT2D eigenvalue weighted by Gasteiger charge is 2.27. The molecule has 0 aliphatic carbocycles. The average Bonchev–Trinajstić information content (AvgIpc) is 3.65. The van der Waals surface area contributed by atoms with Crippen molar-refractivity contribution in [1.29, 1.82) is 0 Å². The summed E-state index contributed by atoms with van der Waals surface area (Å²) in [5, 5.41) is 4.93. The summed E-state index contributed by atoms with van der Waals surface area (Å²) in [6, 6.07) is 48.0. The van der Waals surface area contributed by atoms with Gasteiger partial charge < -0.3 is 23.9 Å². The summed E-state index contributed by atoms with van der Waals surface area (Å²) in [5.41, 5.74) is 6.12. The number of anilines is 4. The molecule has 0 spiro atoms. The molecule has 57 heavy (non-hydrogen) atoms. The molecular weight excluding hydrogens is 795 g/mol. The number of halogens is 1. The van der Waals surface area contributed by atoms with Gasteiger partial charge in [0.25, 0.3) is 0 Å². The molecule has 284 valence electrons. The third-order valence-corrected chi connectivity index (χ3v) is 11.5. The van der Waals surface area contributed by atoms with Crippen molar-refractivity contribution in [3.05, 3.63) is 149 Å². The molecule has 1 aliphatic heterocycles. The molecule has 1 amide bonds. The molecule has 0 atom stereocenters. The zero-order chi connectivity index (χ0) is 39.1. The topological polar surface area (TPSA) is 74.4 Å². The van der Waals surface area contributed by atoms with Crippen LogP contribution in [0.15, 0.2) is 153 Å². The van der Waals surface area contributed by atoms with Crippen LogP contribution < -0.4 is 15.2 Å². The first-order chi connectivity index (χ1) is 27.6. The first-order valence-corrected chi connectivity index (χ1v) is 20.6. The van der Waals surface area contributed by atoms with Gasteiger partial charge in [0.2, 0.25) is 0 Å². The van der Waals surface area contributed by atoms with Gasteiger partial charge in [0.1, 0.15) is 16.9 Å². The number of hydrogen-bond acceptors (Lipinski definition) is 8. The lowest BCUT2D eigenvalue weighted by atomic mass is 10.1. The summed E-state index contributed by atoms with van der Waals surface area (Å²) in [5.74, 6) is 0.724. The Hall–Kier alpha value is -5.97. The Morgan fingerprint density at radius 2 is 1.42 bits per heavy atom. The highest BCUT2D eigenvalue weighted by Crippen LogP contribution is 2.37. The van der Waals surface area contributed by atoms with Gasteiger partial charge in [0.15, 0.2) is 5.13 Å². The molecule has 1 aliphatic rings. The Morgan fingerprint density at radius 1 is 0.772 bits per heavy atom. The van der Waals surface area contributed by atoms with Crippen molar-refractivity contribution in [2.24, 2.45) is 4.99 Å². The van der Waals surface area contributed by atoms with Crippen LogP contribution >= 0.6 is 27.3 Å². The number of para-hydroxylation sites is 1. The number of ether oxygens (including phenoxy) is 1. The third-order valence-electron chi connectivity index (χ3n) is 9.93. The molecule has 6 aromatic carbocycles. The quantitative estimate of drug-likeness (QED) is 0.155. The second-order valence-corrected chi connectivity index (χ2v) is 17.0. The van der Waals surface area contributed by atoms with Gasteiger partial charge in [-0.1, -0.05) is 69.7 Å². The van der Waals surface area contributed by atoms with Crippen LogP contribution in [-0.2, 0) is 4.74 Å². The molecule has 8 aromatic rings. The van der Waals surface area contributed by atoms with Gasteiger partial charge in [0, 0.05) is 64.7 Å². The van der Waals surface area contributed by atoms with E-state index in [1.165, 1.54) is 0 Å². The number of aromatic nitrogens is 1. The number of hydrogen-bond donors (Lipinski definition) is 0. The maximum Gasteiger partial charge on any atom is 0.410 e. The Kier molecular flexibility index (Phi) is 9.76. The van der Waals surface area contributed by atoms with Gasteiger partial charge in [-0.15, -0.1) is 0 Å². The average molecular weight is 835 g/mol. The molecule has 0 saturated carbocycles. The SMILES string of the molecule is CC(C)(C)OC(=O)N1CCN(c2nc3ccc(-c4cc(=Nc5ccc(N(c6ccccc6)c6ccc(Br)cc6)cc5)c5cc6ccccc6cc5o4)cc3s2)CC1. The number of rotatable bonds is 6. The van der Waals surface area contributed by atoms with E-state index in [0.717, 1.165) is 81.0 Å². The summed E-state index contributed by atoms with van der Waals surface area (Å²) in [6.45, 7) is 8.25. The summed E-state index contributed by atoms with van der Waals surface area (Å²) in [6.07, 6.45) is -0.266. The van der Waals surface area contributed by atoms with Crippen molar-refractivity contribution in [3.63, 3.8) is 0 Å². The fourth-order valence-corrected chi connectivity index (χ4v) is 8.45. The number of piperazine rings is 1. The predicted molar refractivity (Wildman–Crippen MR) is 236 cm³/mol. The van der Waals surface area contributed by atoms with Crippen molar-refractivity contribution < 1.29 is 13.9 Å². The largest absolute Gasteiger partial charge is 0.456 e. The normalized spacial score (nSPS) is 13.8. The van der Waals surface area contributed by atoms with Crippen LogP contribution in [0, 0.1) is 0 Å². The van der Waals surface area contributed by atoms with Crippen molar-refractivity contribution in [1.82, 2.24) is 9.88 Å². The number of amides is 1. The smallest absolute Gasteiger partial charge is 0.410 e. The second kappa shape index (κ2) is 15.2. The van der Waals surface area contributed by atoms with Crippen LogP contribution in [0.2, 0.25) is 0 Å². The molecule has 8 nitrogen and oxygen atoms in total. The molecule has 3 heterocycles. The van der Waals surface area contributed by atoms with Crippen LogP contribution in [-0.4, -0.2) is 47.8 Å². The van der Waals surface area contributed by atoms with Crippen LogP contribution in [0.3, 0.4) is 0 Å². The van der Waals surface area contributed by atoms with Gasteiger partial charge in [-0.25, -0.2) is 14.8 Å². The van der Waals surface area contributed by atoms with Gasteiger partial charge in [-0.3, -0.25) is 0 Å². The number of carbonyl (C=O) groups is 1. The van der Waals surface area contributed by atoms with E-state index < -0.39 is 5.60 Å². The van der Waals surface area contributed by atoms with Gasteiger partial charge in [-0.2, -0.15) is 0 Å². The fourth-order valence-electron chi connectivity index (χ4n) is 7.13. The molecule has 0 bridgehead atoms. The van der Waals surface area contributed by atoms with E-state index in [1.54, 1.807) is 16.2 Å². The number of fused-ring (bicyclic) bond motifs is 3. The van der Waals surface area contributed by atoms with Crippen molar-refractivity contribution in [3.8, 4) is 11.3 Å². The maximum absolute atomic E-state index is 12.6. The van der Waals surface area contributed by atoms with Crippen LogP contribution in [0.5, 0.6) is 0 Å². The predicted octanol–water partition coefficient (Wildman–Crippen LogP) is 12.4. The Labute approximate surface area is 343 Å². The van der Waals surface area contributed by atoms with E-state index in [-0.39, 0.29) is 6.09 Å². The zero-order valence-electron chi connectivity index (χ0n) is 31.9. The molecule has 0 unspecified atom stereocenters. The minimum absolute atomic E-state index is 0.266. The number of benzene rings is 6. The molecule has 1 fully saturated rings. The maximum atomic E-state index is 12.6. The number of nitrogens with zero attached hydrogens (tertiary/aromatic N) is 5. The highest BCUT2D eigenvalue weighted by molar-refractivity contribution is 9.10. The Bertz CT molecular complexity index is 2810. The lowest BCUT2D eigenvalue weighted by Gasteiger charge is -2.35. The van der Waals surface area contributed by atoms with E-state index in [1.807, 2.05) is 39.0 Å². The molecule has 9 rings (SSSR count). The first kappa shape index (κ1) is 36.7. The molecule has 1 saturated heterocycles. The standard InChI is InChI=1S/C47H40BrN5O3S/c1-47(2,3)56-46(54)52-25-23-51(24-26-52)45-50-40-22-13-33(29-44(40)57-45)42-30-41(39-27-31-9-7-8-10-32(31)28-43(39)55-42)49-35-16-20-38(21-17-35)53(36-11-5-4-6-12-36)37-18-14-34(48)15-19-37/h4-22,27-30H,23-26H2,1-3H3. The van der Waals surface area contributed by atoms with Crippen molar-refractivity contribution in [2.75, 3.05) is 36.0 Å². The van der Waals surface area contributed by atoms with Gasteiger partial charge in [0.05, 0.1) is 21.3 Å². The highest BCUT2D eigenvalue weighted by atomic mass is 79.9. The van der Waals surface area contributed by atoms with Crippen molar-refractivity contribution in [2.45, 2.75) is 26.4 Å². The van der Waals surface area contributed by atoms with Crippen molar-refractivity contribution >= 4 is 93.2 Å². The second-order valence-electron chi connectivity index (χ2n) is 15.1. The Balaban J connectivity index is 1.06. The zero-order valence-corrected chi connectivity index (χ0v) is 34.3. The molecule has 2 aromatic heterocycles. The number of thiazole rings is 1. The fraction of sp³-hybridized carbons (Fsp3) is 0.170. The summed E-state index contributed by atoms with van der Waals surface area (Å²) in [4.78, 5) is 29.1. The molecule has 0 radical (unpaired) electrons. The van der Waals surface area contributed by atoms with Crippen LogP contribution in [0.4, 0.5) is 32.7 Å². The molecular formula is C47H40BrN5O3S. The van der Waals surface area contributed by atoms with E-state index in [9.17, 15) is 4.79 Å². The lowest BCUT2D eigenvalue weighted by Crippen LogP contribution is -2.50. The van der Waals surface area contributed by atoms with E-state index >= 15 is 0 Å². The van der Waals surface area contributed by atoms with E-state index in [4.69, 9.17) is 19.1 Å². The summed E-state index contributed by atoms with van der Waals surface area (Å²) in [7, 11) is 0. The van der Waals surface area contributed by atoms with Gasteiger partial charge in [-0.05, 0) is 123 Å². The summed E-state index contributed by atoms with van der Waals surface area (Å²) < 4.78 is 14.4. The monoisotopic (exact) mass is 833 g/mol. The minimum Gasteiger partial charge on any atom is -0.456 e. The Morgan fingerprint density at radius 3 is 2.12 bits per heavy atom. The summed E-state index contributed by atoms with van der Waals surface area (Å²) >= 11 is 5.24. The lowest BCUT2D eigenvalue weighted by molar-refractivity contribution is 0.0240. The molecule has 10 heteroatoms. The first-order valence-electron chi connectivity index (χ1n) is 19.0.